The van der Waals surface area contributed by atoms with Crippen LogP contribution in [0.3, 0.4) is 0 Å². The molecule has 1 saturated heterocycles. The Hall–Kier alpha value is -2.81. The Labute approximate surface area is 165 Å². The highest BCUT2D eigenvalue weighted by molar-refractivity contribution is 7.14. The average molecular weight is 405 g/mol. The number of amides is 2. The molecule has 1 aromatic heterocycles. The van der Waals surface area contributed by atoms with E-state index in [4.69, 9.17) is 4.74 Å². The van der Waals surface area contributed by atoms with Crippen LogP contribution in [0.2, 0.25) is 0 Å². The van der Waals surface area contributed by atoms with Crippen LogP contribution in [0.15, 0.2) is 29.6 Å². The molecule has 2 amide bonds. The molecule has 0 aliphatic carbocycles. The predicted molar refractivity (Wildman–Crippen MR) is 102 cm³/mol. The number of carbonyl (C=O) groups excluding carboxylic acids is 3. The van der Waals surface area contributed by atoms with Crippen molar-refractivity contribution in [1.29, 1.82) is 0 Å². The molecule has 0 spiro atoms. The number of ether oxygens (including phenoxy) is 1. The van der Waals surface area contributed by atoms with Crippen molar-refractivity contribution in [3.63, 3.8) is 0 Å². The molecule has 28 heavy (non-hydrogen) atoms. The highest BCUT2D eigenvalue weighted by Gasteiger charge is 2.20. The van der Waals surface area contributed by atoms with Crippen LogP contribution < -0.4 is 5.32 Å². The zero-order chi connectivity index (χ0) is 19.9. The number of rotatable bonds is 6. The van der Waals surface area contributed by atoms with Gasteiger partial charge in [0.15, 0.2) is 11.7 Å². The molecule has 1 aliphatic rings. The second-order valence-corrected chi connectivity index (χ2v) is 7.24. The Morgan fingerprint density at radius 1 is 1.21 bits per heavy atom. The second kappa shape index (κ2) is 9.41. The molecule has 0 radical (unpaired) electrons. The highest BCUT2D eigenvalue weighted by atomic mass is 32.1. The number of benzene rings is 1. The summed E-state index contributed by atoms with van der Waals surface area (Å²) < 4.78 is 17.9. The molecule has 9 heteroatoms. The van der Waals surface area contributed by atoms with Crippen molar-refractivity contribution >= 4 is 34.3 Å². The zero-order valence-electron chi connectivity index (χ0n) is 15.2. The van der Waals surface area contributed by atoms with E-state index in [1.807, 2.05) is 0 Å². The molecule has 0 atom stereocenters. The fourth-order valence-corrected chi connectivity index (χ4v) is 3.53. The number of aromatic nitrogens is 1. The van der Waals surface area contributed by atoms with Gasteiger partial charge >= 0.3 is 5.97 Å². The van der Waals surface area contributed by atoms with Crippen molar-refractivity contribution in [3.8, 4) is 11.3 Å². The van der Waals surface area contributed by atoms with Crippen LogP contribution in [0.5, 0.6) is 0 Å². The van der Waals surface area contributed by atoms with E-state index in [0.717, 1.165) is 24.8 Å². The van der Waals surface area contributed by atoms with Gasteiger partial charge in [-0.2, -0.15) is 0 Å². The smallest absolute Gasteiger partial charge is 0.326 e. The van der Waals surface area contributed by atoms with Crippen molar-refractivity contribution < 1.29 is 23.5 Å². The number of anilines is 1. The molecule has 7 nitrogen and oxygen atoms in total. The van der Waals surface area contributed by atoms with Gasteiger partial charge in [0, 0.05) is 23.9 Å². The number of esters is 1. The van der Waals surface area contributed by atoms with Gasteiger partial charge in [-0.1, -0.05) is 6.42 Å². The lowest BCUT2D eigenvalue weighted by molar-refractivity contribution is -0.151. The van der Waals surface area contributed by atoms with Gasteiger partial charge in [0.05, 0.1) is 5.69 Å². The Morgan fingerprint density at radius 3 is 2.79 bits per heavy atom. The van der Waals surface area contributed by atoms with Crippen LogP contribution in [0.25, 0.3) is 11.3 Å². The number of likely N-dealkylation sites (tertiary alicyclic amines) is 1. The summed E-state index contributed by atoms with van der Waals surface area (Å²) in [4.78, 5) is 41.5. The van der Waals surface area contributed by atoms with Crippen molar-refractivity contribution in [3.05, 3.63) is 35.5 Å². The molecule has 1 N–H and O–H groups in total. The standard InChI is InChI=1S/C19H20FN3O4S/c20-14-7-5-13(6-8-14)15-12-28-19(21-15)22-16(24)11-27-18(26)10-23-9-3-1-2-4-17(23)25/h5-8,12H,1-4,9-11H2,(H,21,22,24). The summed E-state index contributed by atoms with van der Waals surface area (Å²) >= 11 is 1.21. The molecule has 0 unspecified atom stereocenters. The Balaban J connectivity index is 1.46. The summed E-state index contributed by atoms with van der Waals surface area (Å²) in [5.41, 5.74) is 1.34. The largest absolute Gasteiger partial charge is 0.454 e. The van der Waals surface area contributed by atoms with Crippen LogP contribution >= 0.6 is 11.3 Å². The number of nitrogens with zero attached hydrogens (tertiary/aromatic N) is 2. The molecule has 1 aromatic carbocycles. The van der Waals surface area contributed by atoms with Gasteiger partial charge in [-0.25, -0.2) is 9.37 Å². The number of nitrogens with one attached hydrogen (secondary N) is 1. The van der Waals surface area contributed by atoms with Crippen LogP contribution in [0.4, 0.5) is 9.52 Å². The van der Waals surface area contributed by atoms with E-state index < -0.39 is 18.5 Å². The minimum absolute atomic E-state index is 0.0602. The topological polar surface area (TPSA) is 88.6 Å². The molecule has 3 rings (SSSR count). The summed E-state index contributed by atoms with van der Waals surface area (Å²) in [6, 6.07) is 5.87. The van der Waals surface area contributed by atoms with Crippen LogP contribution in [-0.2, 0) is 19.1 Å². The molecule has 2 heterocycles. The number of hydrogen-bond donors (Lipinski definition) is 1. The number of hydrogen-bond acceptors (Lipinski definition) is 6. The van der Waals surface area contributed by atoms with Gasteiger partial charge in [0.2, 0.25) is 5.91 Å². The SMILES string of the molecule is O=C(COC(=O)CN1CCCCCC1=O)Nc1nc(-c2ccc(F)cc2)cs1. The third-order valence-electron chi connectivity index (χ3n) is 4.25. The van der Waals surface area contributed by atoms with Crippen molar-refractivity contribution in [2.75, 3.05) is 25.0 Å². The van der Waals surface area contributed by atoms with Crippen molar-refractivity contribution in [1.82, 2.24) is 9.88 Å². The number of carbonyl (C=O) groups is 3. The molecule has 2 aromatic rings. The summed E-state index contributed by atoms with van der Waals surface area (Å²) in [6.45, 7) is -0.0597. The van der Waals surface area contributed by atoms with E-state index in [1.54, 1.807) is 17.5 Å². The van der Waals surface area contributed by atoms with Crippen LogP contribution in [0.1, 0.15) is 25.7 Å². The van der Waals surface area contributed by atoms with Gasteiger partial charge < -0.3 is 9.64 Å². The number of thiazole rings is 1. The zero-order valence-corrected chi connectivity index (χ0v) is 16.0. The van der Waals surface area contributed by atoms with Gasteiger partial charge in [0.1, 0.15) is 12.4 Å². The lowest BCUT2D eigenvalue weighted by Crippen LogP contribution is -2.36. The normalized spacial score (nSPS) is 14.5. The fourth-order valence-electron chi connectivity index (χ4n) is 2.79. The lowest BCUT2D eigenvalue weighted by atomic mass is 10.2. The maximum absolute atomic E-state index is 13.0. The van der Waals surface area contributed by atoms with E-state index >= 15 is 0 Å². The summed E-state index contributed by atoms with van der Waals surface area (Å²) in [5.74, 6) is -1.53. The van der Waals surface area contributed by atoms with Crippen molar-refractivity contribution in [2.45, 2.75) is 25.7 Å². The first-order valence-corrected chi connectivity index (χ1v) is 9.84. The van der Waals surface area contributed by atoms with Gasteiger partial charge in [-0.3, -0.25) is 19.7 Å². The summed E-state index contributed by atoms with van der Waals surface area (Å²) in [6.07, 6.45) is 3.10. The average Bonchev–Trinajstić information content (AvgIpc) is 3.04. The summed E-state index contributed by atoms with van der Waals surface area (Å²) in [5, 5.41) is 4.64. The third kappa shape index (κ3) is 5.59. The van der Waals surface area contributed by atoms with E-state index in [1.165, 1.54) is 28.4 Å². The Morgan fingerprint density at radius 2 is 2.00 bits per heavy atom. The first-order chi connectivity index (χ1) is 13.5. The maximum atomic E-state index is 13.0. The van der Waals surface area contributed by atoms with Gasteiger partial charge in [-0.15, -0.1) is 11.3 Å². The fraction of sp³-hybridized carbons (Fsp3) is 0.368. The molecule has 0 bridgehead atoms. The Kier molecular flexibility index (Phi) is 6.70. The van der Waals surface area contributed by atoms with Gasteiger partial charge in [0.25, 0.3) is 5.91 Å². The van der Waals surface area contributed by atoms with E-state index in [2.05, 4.69) is 10.3 Å². The minimum Gasteiger partial charge on any atom is -0.454 e. The van der Waals surface area contributed by atoms with Gasteiger partial charge in [-0.05, 0) is 37.1 Å². The second-order valence-electron chi connectivity index (χ2n) is 6.38. The van der Waals surface area contributed by atoms with Crippen LogP contribution in [0, 0.1) is 5.82 Å². The third-order valence-corrected chi connectivity index (χ3v) is 5.00. The monoisotopic (exact) mass is 405 g/mol. The van der Waals surface area contributed by atoms with E-state index in [9.17, 15) is 18.8 Å². The summed E-state index contributed by atoms with van der Waals surface area (Å²) in [7, 11) is 0. The molecule has 148 valence electrons. The van der Waals surface area contributed by atoms with E-state index in [-0.39, 0.29) is 18.3 Å². The molecular formula is C19H20FN3O4S. The Bertz CT molecular complexity index is 853. The molecule has 1 fully saturated rings. The first kappa shape index (κ1) is 19.9. The minimum atomic E-state index is -0.614. The number of halogens is 1. The highest BCUT2D eigenvalue weighted by Crippen LogP contribution is 2.24. The molecular weight excluding hydrogens is 385 g/mol. The van der Waals surface area contributed by atoms with Crippen molar-refractivity contribution in [2.24, 2.45) is 0 Å². The quantitative estimate of drug-likeness (QED) is 0.747. The first-order valence-electron chi connectivity index (χ1n) is 8.96. The maximum Gasteiger partial charge on any atom is 0.326 e. The predicted octanol–water partition coefficient (Wildman–Crippen LogP) is 2.83. The molecule has 0 saturated carbocycles. The van der Waals surface area contributed by atoms with E-state index in [0.29, 0.717) is 23.8 Å². The molecule has 1 aliphatic heterocycles. The van der Waals surface area contributed by atoms with Crippen LogP contribution in [-0.4, -0.2) is 47.4 Å². The lowest BCUT2D eigenvalue weighted by Gasteiger charge is -2.19.